The molecule has 444 valence electrons. The van der Waals surface area contributed by atoms with Crippen LogP contribution in [0.15, 0.2) is 97.2 Å². The Bertz CT molecular complexity index is 1530. The van der Waals surface area contributed by atoms with E-state index in [1.165, 1.54) is 161 Å². The number of ether oxygens (including phenoxy) is 2. The Morgan fingerprint density at radius 3 is 1.25 bits per heavy atom. The molecule has 0 radical (unpaired) electrons. The SMILES string of the molecule is CC/C=C\C/C=C\C/C=C\C/C=C\C/C=C\C/C=C\CCCCCCC(=O)NC(COC1OC(CO)C(O)C(O)C1O)C(O)/C=C/CC/C=C/CCCCCCCCCCCCCCCCCCCCCCCCCCC. The van der Waals surface area contributed by atoms with E-state index >= 15 is 0 Å². The summed E-state index contributed by atoms with van der Waals surface area (Å²) in [5.41, 5.74) is 0. The predicted molar refractivity (Wildman–Crippen MR) is 327 cm³/mol. The number of carbonyl (C=O) groups excluding carboxylic acids is 1. The molecule has 0 aliphatic carbocycles. The van der Waals surface area contributed by atoms with Gasteiger partial charge in [0, 0.05) is 6.42 Å². The normalized spacial score (nSPS) is 19.4. The molecule has 9 nitrogen and oxygen atoms in total. The fourth-order valence-electron chi connectivity index (χ4n) is 9.65. The van der Waals surface area contributed by atoms with Gasteiger partial charge in [-0.05, 0) is 83.5 Å². The number of allylic oxidation sites excluding steroid dienone is 15. The molecule has 0 bridgehead atoms. The van der Waals surface area contributed by atoms with Gasteiger partial charge in [-0.25, -0.2) is 0 Å². The minimum absolute atomic E-state index is 0.212. The molecule has 0 spiro atoms. The predicted octanol–water partition coefficient (Wildman–Crippen LogP) is 16.7. The maximum absolute atomic E-state index is 13.1. The van der Waals surface area contributed by atoms with Crippen molar-refractivity contribution in [3.8, 4) is 0 Å². The number of nitrogens with one attached hydrogen (secondary N) is 1. The van der Waals surface area contributed by atoms with Gasteiger partial charge in [0.1, 0.15) is 24.4 Å². The van der Waals surface area contributed by atoms with Gasteiger partial charge in [0.15, 0.2) is 6.29 Å². The number of rotatable bonds is 54. The first-order chi connectivity index (χ1) is 37.8. The van der Waals surface area contributed by atoms with E-state index < -0.39 is 49.5 Å². The van der Waals surface area contributed by atoms with Gasteiger partial charge >= 0.3 is 0 Å². The molecule has 0 aromatic rings. The van der Waals surface area contributed by atoms with E-state index in [0.717, 1.165) is 83.5 Å². The van der Waals surface area contributed by atoms with Gasteiger partial charge in [-0.1, -0.05) is 278 Å². The lowest BCUT2D eigenvalue weighted by atomic mass is 9.99. The third-order valence-corrected chi connectivity index (χ3v) is 14.6. The monoisotopic (exact) mass is 1080 g/mol. The average Bonchev–Trinajstić information content (AvgIpc) is 3.43. The Balaban J connectivity index is 2.22. The molecule has 9 heteroatoms. The summed E-state index contributed by atoms with van der Waals surface area (Å²) in [6, 6.07) is -0.844. The number of aliphatic hydroxyl groups is 5. The third-order valence-electron chi connectivity index (χ3n) is 14.6. The lowest BCUT2D eigenvalue weighted by molar-refractivity contribution is -0.302. The highest BCUT2D eigenvalue weighted by Crippen LogP contribution is 2.23. The highest BCUT2D eigenvalue weighted by Gasteiger charge is 2.44. The van der Waals surface area contributed by atoms with E-state index in [-0.39, 0.29) is 12.5 Å². The number of hydrogen-bond acceptors (Lipinski definition) is 8. The van der Waals surface area contributed by atoms with Gasteiger partial charge in [0.05, 0.1) is 25.4 Å². The average molecular weight is 1080 g/mol. The van der Waals surface area contributed by atoms with E-state index in [1.807, 2.05) is 6.08 Å². The molecule has 1 amide bonds. The van der Waals surface area contributed by atoms with Crippen LogP contribution in [-0.4, -0.2) is 87.5 Å². The summed E-state index contributed by atoms with van der Waals surface area (Å²) in [5.74, 6) is -0.212. The van der Waals surface area contributed by atoms with Crippen molar-refractivity contribution < 1.29 is 39.8 Å². The van der Waals surface area contributed by atoms with Crippen molar-refractivity contribution in [3.63, 3.8) is 0 Å². The summed E-state index contributed by atoms with van der Waals surface area (Å²) in [4.78, 5) is 13.1. The molecular weight excluding hydrogens is 959 g/mol. The van der Waals surface area contributed by atoms with E-state index in [4.69, 9.17) is 9.47 Å². The zero-order chi connectivity index (χ0) is 55.8. The van der Waals surface area contributed by atoms with Crippen LogP contribution in [0.3, 0.4) is 0 Å². The molecule has 1 fully saturated rings. The largest absolute Gasteiger partial charge is 0.394 e. The van der Waals surface area contributed by atoms with Crippen molar-refractivity contribution >= 4 is 5.91 Å². The second kappa shape index (κ2) is 56.4. The van der Waals surface area contributed by atoms with Gasteiger partial charge in [-0.15, -0.1) is 0 Å². The second-order valence-electron chi connectivity index (χ2n) is 21.8. The molecule has 6 N–H and O–H groups in total. The lowest BCUT2D eigenvalue weighted by Gasteiger charge is -2.40. The van der Waals surface area contributed by atoms with E-state index in [1.54, 1.807) is 6.08 Å². The van der Waals surface area contributed by atoms with Crippen molar-refractivity contribution in [1.29, 1.82) is 0 Å². The highest BCUT2D eigenvalue weighted by molar-refractivity contribution is 5.76. The molecule has 1 saturated heterocycles. The van der Waals surface area contributed by atoms with E-state index in [9.17, 15) is 30.3 Å². The standard InChI is InChI=1S/C68H119NO8/c1-3-5-7-9-11-13-15-17-19-21-23-25-27-28-29-30-31-32-33-34-36-37-39-41-43-45-47-49-51-53-55-57-62(71)61(60-76-68-67(75)66(74)65(73)63(59-70)77-68)69-64(72)58-56-54-52-50-48-46-44-42-40-38-35-26-24-22-20-18-16-14-12-10-8-6-4-2/h6,8,12,14,18,20,24,26,38,40,44,46-47,49,55,57,61-63,65-68,70-71,73-75H,3-5,7,9-11,13,15-17,19,21-23,25,27-37,39,41-43,45,48,50-54,56,58-60H2,1-2H3,(H,69,72)/b8-6-,14-12-,20-18-,26-24-,40-38-,46-44-,49-47+,57-55+. The Morgan fingerprint density at radius 2 is 0.818 bits per heavy atom. The van der Waals surface area contributed by atoms with Crippen LogP contribution in [0.2, 0.25) is 0 Å². The van der Waals surface area contributed by atoms with Crippen LogP contribution in [0.5, 0.6) is 0 Å². The summed E-state index contributed by atoms with van der Waals surface area (Å²) < 4.78 is 11.3. The van der Waals surface area contributed by atoms with Gasteiger partial charge in [-0.3, -0.25) is 4.79 Å². The lowest BCUT2D eigenvalue weighted by Crippen LogP contribution is -2.60. The summed E-state index contributed by atoms with van der Waals surface area (Å²) >= 11 is 0. The Hall–Kier alpha value is -2.89. The first-order valence-corrected chi connectivity index (χ1v) is 32.0. The van der Waals surface area contributed by atoms with Crippen molar-refractivity contribution in [2.75, 3.05) is 13.2 Å². The van der Waals surface area contributed by atoms with Crippen LogP contribution in [0.1, 0.15) is 271 Å². The first kappa shape index (κ1) is 72.1. The summed E-state index contributed by atoms with van der Waals surface area (Å²) in [7, 11) is 0. The molecule has 1 heterocycles. The number of unbranched alkanes of at least 4 members (excludes halogenated alkanes) is 30. The minimum atomic E-state index is -1.58. The zero-order valence-corrected chi connectivity index (χ0v) is 49.4. The third kappa shape index (κ3) is 45.5. The van der Waals surface area contributed by atoms with Crippen molar-refractivity contribution in [3.05, 3.63) is 97.2 Å². The van der Waals surface area contributed by atoms with Crippen molar-refractivity contribution in [2.45, 2.75) is 314 Å². The van der Waals surface area contributed by atoms with Crippen LogP contribution in [0.25, 0.3) is 0 Å². The fourth-order valence-corrected chi connectivity index (χ4v) is 9.65. The molecule has 0 aromatic heterocycles. The summed E-state index contributed by atoms with van der Waals surface area (Å²) in [6.45, 7) is 3.65. The smallest absolute Gasteiger partial charge is 0.220 e. The molecule has 1 rings (SSSR count). The number of aliphatic hydroxyl groups excluding tert-OH is 5. The van der Waals surface area contributed by atoms with Gasteiger partial charge in [-0.2, -0.15) is 0 Å². The fraction of sp³-hybridized carbons (Fsp3) is 0.750. The van der Waals surface area contributed by atoms with Crippen molar-refractivity contribution in [1.82, 2.24) is 5.32 Å². The van der Waals surface area contributed by atoms with Gasteiger partial charge in [0.2, 0.25) is 5.91 Å². The van der Waals surface area contributed by atoms with E-state index in [2.05, 4.69) is 104 Å². The Kier molecular flexibility index (Phi) is 52.8. The number of carbonyl (C=O) groups is 1. The molecule has 7 unspecified atom stereocenters. The Morgan fingerprint density at radius 1 is 0.455 bits per heavy atom. The summed E-state index contributed by atoms with van der Waals surface area (Å²) in [6.07, 6.45) is 75.0. The number of hydrogen-bond donors (Lipinski definition) is 6. The molecular formula is C68H119NO8. The topological polar surface area (TPSA) is 149 Å². The van der Waals surface area contributed by atoms with Crippen LogP contribution < -0.4 is 5.32 Å². The summed E-state index contributed by atoms with van der Waals surface area (Å²) in [5, 5.41) is 54.6. The Labute approximate surface area is 473 Å². The van der Waals surface area contributed by atoms with Gasteiger partial charge in [0.25, 0.3) is 0 Å². The second-order valence-corrected chi connectivity index (χ2v) is 21.8. The molecule has 1 aliphatic heterocycles. The van der Waals surface area contributed by atoms with Crippen LogP contribution in [0, 0.1) is 0 Å². The van der Waals surface area contributed by atoms with Crippen LogP contribution >= 0.6 is 0 Å². The zero-order valence-electron chi connectivity index (χ0n) is 49.4. The maximum atomic E-state index is 13.1. The van der Waals surface area contributed by atoms with E-state index in [0.29, 0.717) is 12.8 Å². The molecule has 7 atom stereocenters. The maximum Gasteiger partial charge on any atom is 0.220 e. The first-order valence-electron chi connectivity index (χ1n) is 32.0. The quantitative estimate of drug-likeness (QED) is 0.0261. The van der Waals surface area contributed by atoms with Crippen LogP contribution in [0.4, 0.5) is 0 Å². The highest BCUT2D eigenvalue weighted by atomic mass is 16.7. The number of amides is 1. The molecule has 77 heavy (non-hydrogen) atoms. The molecule has 0 saturated carbocycles. The molecule has 0 aromatic carbocycles. The van der Waals surface area contributed by atoms with Crippen LogP contribution in [-0.2, 0) is 14.3 Å². The van der Waals surface area contributed by atoms with Crippen molar-refractivity contribution in [2.24, 2.45) is 0 Å². The molecule has 1 aliphatic rings. The minimum Gasteiger partial charge on any atom is -0.394 e. The van der Waals surface area contributed by atoms with Gasteiger partial charge < -0.3 is 40.3 Å².